The van der Waals surface area contributed by atoms with Gasteiger partial charge in [-0.2, -0.15) is 0 Å². The van der Waals surface area contributed by atoms with Crippen molar-refractivity contribution in [2.75, 3.05) is 18.5 Å². The van der Waals surface area contributed by atoms with Crippen LogP contribution < -0.4 is 14.8 Å². The summed E-state index contributed by atoms with van der Waals surface area (Å²) in [5.41, 5.74) is 5.46. The molecule has 5 nitrogen and oxygen atoms in total. The van der Waals surface area contributed by atoms with E-state index >= 15 is 0 Å². The second kappa shape index (κ2) is 11.2. The molecule has 0 saturated carbocycles. The van der Waals surface area contributed by atoms with E-state index in [1.165, 1.54) is 5.56 Å². The third-order valence-corrected chi connectivity index (χ3v) is 5.75. The number of carbonyl (C=O) groups is 1. The number of anilines is 1. The molecule has 1 amide bonds. The van der Waals surface area contributed by atoms with Crippen LogP contribution in [0.2, 0.25) is 10.0 Å². The number of carbonyl (C=O) groups excluding carboxylic acids is 1. The Labute approximate surface area is 204 Å². The van der Waals surface area contributed by atoms with Gasteiger partial charge in [0.2, 0.25) is 0 Å². The zero-order valence-electron chi connectivity index (χ0n) is 19.0. The summed E-state index contributed by atoms with van der Waals surface area (Å²) in [6.07, 6.45) is 1.73. The Morgan fingerprint density at radius 3 is 2.52 bits per heavy atom. The lowest BCUT2D eigenvalue weighted by molar-refractivity contribution is -0.118. The normalized spacial score (nSPS) is 11.0. The van der Waals surface area contributed by atoms with Crippen LogP contribution in [0.15, 0.2) is 53.5 Å². The maximum absolute atomic E-state index is 12.4. The molecule has 0 aliphatic rings. The van der Waals surface area contributed by atoms with Crippen molar-refractivity contribution in [3.63, 3.8) is 0 Å². The van der Waals surface area contributed by atoms with Crippen LogP contribution in [0.3, 0.4) is 0 Å². The zero-order chi connectivity index (χ0) is 24.0. The standard InChI is InChI=1S/C26H26Cl2N2O3/c1-5-32-24-12-19(14-29-23-8-6-7-16(2)18(23)4)11-22(28)26(24)33-15-25(31)30-20-10-9-17(3)21(27)13-20/h6-14H,5,15H2,1-4H3,(H,30,31). The molecule has 33 heavy (non-hydrogen) atoms. The maximum Gasteiger partial charge on any atom is 0.262 e. The third kappa shape index (κ3) is 6.50. The van der Waals surface area contributed by atoms with Crippen LogP contribution in [0, 0.1) is 20.8 Å². The SMILES string of the molecule is CCOc1cc(C=Nc2cccc(C)c2C)cc(Cl)c1OCC(=O)Nc1ccc(C)c(Cl)c1. The average molecular weight is 485 g/mol. The number of amides is 1. The molecule has 172 valence electrons. The highest BCUT2D eigenvalue weighted by atomic mass is 35.5. The van der Waals surface area contributed by atoms with E-state index in [0.717, 1.165) is 22.4 Å². The molecule has 3 rings (SSSR count). The van der Waals surface area contributed by atoms with E-state index in [9.17, 15) is 4.79 Å². The largest absolute Gasteiger partial charge is 0.490 e. The van der Waals surface area contributed by atoms with E-state index in [1.54, 1.807) is 30.5 Å². The van der Waals surface area contributed by atoms with Gasteiger partial charge >= 0.3 is 0 Å². The van der Waals surface area contributed by atoms with Gasteiger partial charge in [0.25, 0.3) is 5.91 Å². The quantitative estimate of drug-likeness (QED) is 0.347. The number of rotatable bonds is 8. The minimum Gasteiger partial charge on any atom is -0.490 e. The summed E-state index contributed by atoms with van der Waals surface area (Å²) in [5.74, 6) is 0.409. The lowest BCUT2D eigenvalue weighted by Gasteiger charge is -2.14. The Morgan fingerprint density at radius 1 is 1.00 bits per heavy atom. The summed E-state index contributed by atoms with van der Waals surface area (Å²) in [6.45, 7) is 8.02. The van der Waals surface area contributed by atoms with E-state index in [2.05, 4.69) is 10.3 Å². The van der Waals surface area contributed by atoms with Gasteiger partial charge in [-0.05, 0) is 80.3 Å². The molecule has 0 spiro atoms. The Morgan fingerprint density at radius 2 is 1.79 bits per heavy atom. The average Bonchev–Trinajstić information content (AvgIpc) is 2.77. The minimum absolute atomic E-state index is 0.235. The van der Waals surface area contributed by atoms with Crippen molar-refractivity contribution >= 4 is 46.7 Å². The third-order valence-electron chi connectivity index (χ3n) is 5.06. The van der Waals surface area contributed by atoms with Gasteiger partial charge < -0.3 is 14.8 Å². The molecule has 0 saturated heterocycles. The summed E-state index contributed by atoms with van der Waals surface area (Å²) in [7, 11) is 0. The molecule has 3 aromatic carbocycles. The summed E-state index contributed by atoms with van der Waals surface area (Å²) >= 11 is 12.6. The predicted molar refractivity (Wildman–Crippen MR) is 136 cm³/mol. The van der Waals surface area contributed by atoms with Gasteiger partial charge in [-0.15, -0.1) is 0 Å². The number of hydrogen-bond donors (Lipinski definition) is 1. The highest BCUT2D eigenvalue weighted by molar-refractivity contribution is 6.32. The first kappa shape index (κ1) is 24.6. The molecule has 1 N–H and O–H groups in total. The van der Waals surface area contributed by atoms with Crippen LogP contribution in [-0.4, -0.2) is 25.3 Å². The molecule has 0 aromatic heterocycles. The minimum atomic E-state index is -0.339. The van der Waals surface area contributed by atoms with E-state index < -0.39 is 0 Å². The second-order valence-corrected chi connectivity index (χ2v) is 8.36. The molecule has 0 fully saturated rings. The Hall–Kier alpha value is -3.02. The summed E-state index contributed by atoms with van der Waals surface area (Å²) in [4.78, 5) is 17.0. The first-order valence-electron chi connectivity index (χ1n) is 10.5. The van der Waals surface area contributed by atoms with Crippen LogP contribution >= 0.6 is 23.2 Å². The predicted octanol–water partition coefficient (Wildman–Crippen LogP) is 7.09. The fourth-order valence-corrected chi connectivity index (χ4v) is 3.54. The van der Waals surface area contributed by atoms with Crippen molar-refractivity contribution in [3.05, 3.63) is 80.8 Å². The summed E-state index contributed by atoms with van der Waals surface area (Å²) in [6, 6.07) is 14.8. The monoisotopic (exact) mass is 484 g/mol. The van der Waals surface area contributed by atoms with Crippen LogP contribution in [0.4, 0.5) is 11.4 Å². The molecule has 0 aliphatic heterocycles. The molecule has 0 unspecified atom stereocenters. The molecule has 7 heteroatoms. The fourth-order valence-electron chi connectivity index (χ4n) is 3.09. The molecule has 0 heterocycles. The van der Waals surface area contributed by atoms with Crippen LogP contribution in [0.5, 0.6) is 11.5 Å². The molecule has 3 aromatic rings. The molecule has 0 bridgehead atoms. The number of nitrogens with zero attached hydrogens (tertiary/aromatic N) is 1. The number of ether oxygens (including phenoxy) is 2. The van der Waals surface area contributed by atoms with E-state index in [4.69, 9.17) is 32.7 Å². The van der Waals surface area contributed by atoms with Crippen molar-refractivity contribution in [1.82, 2.24) is 0 Å². The first-order chi connectivity index (χ1) is 15.8. The van der Waals surface area contributed by atoms with E-state index in [1.807, 2.05) is 52.0 Å². The Kier molecular flexibility index (Phi) is 8.37. The molecular weight excluding hydrogens is 459 g/mol. The Balaban J connectivity index is 1.75. The topological polar surface area (TPSA) is 59.9 Å². The first-order valence-corrected chi connectivity index (χ1v) is 11.3. The number of aryl methyl sites for hydroxylation is 2. The molecular formula is C26H26Cl2N2O3. The van der Waals surface area contributed by atoms with Crippen LogP contribution in [-0.2, 0) is 4.79 Å². The lowest BCUT2D eigenvalue weighted by Crippen LogP contribution is -2.20. The molecule has 0 aliphatic carbocycles. The van der Waals surface area contributed by atoms with Crippen molar-refractivity contribution in [2.24, 2.45) is 4.99 Å². The number of benzene rings is 3. The highest BCUT2D eigenvalue weighted by Crippen LogP contribution is 2.36. The number of halogens is 2. The van der Waals surface area contributed by atoms with Crippen molar-refractivity contribution in [2.45, 2.75) is 27.7 Å². The maximum atomic E-state index is 12.4. The van der Waals surface area contributed by atoms with Crippen molar-refractivity contribution in [3.8, 4) is 11.5 Å². The van der Waals surface area contributed by atoms with E-state index in [-0.39, 0.29) is 12.5 Å². The van der Waals surface area contributed by atoms with Crippen molar-refractivity contribution in [1.29, 1.82) is 0 Å². The van der Waals surface area contributed by atoms with Gasteiger partial charge in [0, 0.05) is 16.9 Å². The van der Waals surface area contributed by atoms with E-state index in [0.29, 0.717) is 33.8 Å². The smallest absolute Gasteiger partial charge is 0.262 e. The van der Waals surface area contributed by atoms with Gasteiger partial charge in [0.05, 0.1) is 17.3 Å². The number of aliphatic imine (C=N–C) groups is 1. The van der Waals surface area contributed by atoms with Gasteiger partial charge in [-0.3, -0.25) is 9.79 Å². The van der Waals surface area contributed by atoms with Crippen LogP contribution in [0.25, 0.3) is 0 Å². The number of nitrogens with one attached hydrogen (secondary N) is 1. The van der Waals surface area contributed by atoms with Gasteiger partial charge in [-0.1, -0.05) is 41.4 Å². The molecule has 0 atom stereocenters. The highest BCUT2D eigenvalue weighted by Gasteiger charge is 2.14. The zero-order valence-corrected chi connectivity index (χ0v) is 20.6. The summed E-state index contributed by atoms with van der Waals surface area (Å²) < 4.78 is 11.4. The number of hydrogen-bond acceptors (Lipinski definition) is 4. The molecule has 0 radical (unpaired) electrons. The van der Waals surface area contributed by atoms with Gasteiger partial charge in [0.1, 0.15) is 0 Å². The fraction of sp³-hybridized carbons (Fsp3) is 0.231. The van der Waals surface area contributed by atoms with Gasteiger partial charge in [0.15, 0.2) is 18.1 Å². The second-order valence-electron chi connectivity index (χ2n) is 7.54. The Bertz CT molecular complexity index is 1190. The lowest BCUT2D eigenvalue weighted by atomic mass is 10.1. The van der Waals surface area contributed by atoms with Gasteiger partial charge in [-0.25, -0.2) is 0 Å². The van der Waals surface area contributed by atoms with Crippen LogP contribution in [0.1, 0.15) is 29.2 Å². The van der Waals surface area contributed by atoms with Crippen molar-refractivity contribution < 1.29 is 14.3 Å². The summed E-state index contributed by atoms with van der Waals surface area (Å²) in [5, 5.41) is 3.66.